The van der Waals surface area contributed by atoms with Crippen LogP contribution < -0.4 is 16.0 Å². The van der Waals surface area contributed by atoms with Crippen molar-refractivity contribution < 1.29 is 27.9 Å². The van der Waals surface area contributed by atoms with E-state index in [2.05, 4.69) is 16.0 Å². The van der Waals surface area contributed by atoms with Crippen LogP contribution in [0.3, 0.4) is 0 Å². The van der Waals surface area contributed by atoms with Crippen molar-refractivity contribution in [2.45, 2.75) is 6.92 Å². The Kier molecular flexibility index (Phi) is 8.21. The van der Waals surface area contributed by atoms with Crippen molar-refractivity contribution >= 4 is 52.1 Å². The predicted octanol–water partition coefficient (Wildman–Crippen LogP) is 7.33. The van der Waals surface area contributed by atoms with Gasteiger partial charge in [-0.05, 0) is 67.1 Å². The first-order chi connectivity index (χ1) is 18.7. The highest BCUT2D eigenvalue weighted by molar-refractivity contribution is 6.35. The van der Waals surface area contributed by atoms with Gasteiger partial charge in [0.15, 0.2) is 5.78 Å². The Morgan fingerprint density at radius 1 is 0.769 bits per heavy atom. The summed E-state index contributed by atoms with van der Waals surface area (Å²) in [5.41, 5.74) is 2.36. The molecule has 3 N–H and O–H groups in total. The van der Waals surface area contributed by atoms with E-state index in [0.29, 0.717) is 22.5 Å². The summed E-state index contributed by atoms with van der Waals surface area (Å²) in [5.74, 6) is -2.47. The van der Waals surface area contributed by atoms with Gasteiger partial charge in [-0.1, -0.05) is 29.8 Å². The van der Waals surface area contributed by atoms with Crippen LogP contribution in [0.2, 0.25) is 5.02 Å². The first-order valence-electron chi connectivity index (χ1n) is 11.6. The SMILES string of the molecule is COC(=O)c1ccccc1NC(=O)Nc1ccc(C)c(C(=O)c2ccc(Nc3ccc(F)cc3F)cc2Cl)c1. The molecular weight excluding hydrogens is 528 g/mol. The number of hydrogen-bond donors (Lipinski definition) is 3. The van der Waals surface area contributed by atoms with E-state index in [1.54, 1.807) is 43.3 Å². The average Bonchev–Trinajstić information content (AvgIpc) is 2.91. The fraction of sp³-hybridized carbons (Fsp3) is 0.0690. The Morgan fingerprint density at radius 2 is 1.51 bits per heavy atom. The Labute approximate surface area is 227 Å². The van der Waals surface area contributed by atoms with Crippen LogP contribution in [-0.4, -0.2) is 24.9 Å². The summed E-state index contributed by atoms with van der Waals surface area (Å²) in [4.78, 5) is 37.9. The normalized spacial score (nSPS) is 10.5. The number of carbonyl (C=O) groups excluding carboxylic acids is 3. The number of anilines is 4. The van der Waals surface area contributed by atoms with Gasteiger partial charge in [-0.2, -0.15) is 0 Å². The van der Waals surface area contributed by atoms with Crippen molar-refractivity contribution in [1.82, 2.24) is 0 Å². The van der Waals surface area contributed by atoms with Crippen LogP contribution in [0.25, 0.3) is 0 Å². The molecule has 0 heterocycles. The molecule has 4 aromatic rings. The first kappa shape index (κ1) is 27.3. The molecule has 0 aliphatic rings. The smallest absolute Gasteiger partial charge is 0.339 e. The van der Waals surface area contributed by atoms with Crippen LogP contribution in [-0.2, 0) is 4.74 Å². The quantitative estimate of drug-likeness (QED) is 0.166. The largest absolute Gasteiger partial charge is 0.465 e. The predicted molar refractivity (Wildman–Crippen MR) is 146 cm³/mol. The number of methoxy groups -OCH3 is 1. The van der Waals surface area contributed by atoms with Crippen molar-refractivity contribution in [3.05, 3.63) is 118 Å². The maximum absolute atomic E-state index is 14.0. The third-order valence-electron chi connectivity index (χ3n) is 5.74. The topological polar surface area (TPSA) is 96.5 Å². The van der Waals surface area contributed by atoms with Crippen LogP contribution in [0.1, 0.15) is 31.8 Å². The minimum atomic E-state index is -0.774. The van der Waals surface area contributed by atoms with Crippen LogP contribution >= 0.6 is 11.6 Å². The minimum Gasteiger partial charge on any atom is -0.465 e. The number of para-hydroxylation sites is 1. The lowest BCUT2D eigenvalue weighted by molar-refractivity contribution is 0.0601. The van der Waals surface area contributed by atoms with Gasteiger partial charge in [0.2, 0.25) is 0 Å². The number of aryl methyl sites for hydroxylation is 1. The van der Waals surface area contributed by atoms with Crippen molar-refractivity contribution in [3.8, 4) is 0 Å². The number of esters is 1. The number of urea groups is 1. The summed E-state index contributed by atoms with van der Waals surface area (Å²) < 4.78 is 31.9. The van der Waals surface area contributed by atoms with E-state index in [4.69, 9.17) is 16.3 Å². The second-order valence-corrected chi connectivity index (χ2v) is 8.83. The number of halogens is 3. The Bertz CT molecular complexity index is 1590. The molecule has 0 saturated heterocycles. The molecule has 4 rings (SSSR count). The Hall–Kier alpha value is -4.76. The number of nitrogens with one attached hydrogen (secondary N) is 3. The molecule has 0 aliphatic carbocycles. The first-order valence-corrected chi connectivity index (χ1v) is 12.0. The van der Waals surface area contributed by atoms with Gasteiger partial charge in [0.25, 0.3) is 0 Å². The fourth-order valence-electron chi connectivity index (χ4n) is 3.78. The molecule has 0 unspecified atom stereocenters. The lowest BCUT2D eigenvalue weighted by atomic mass is 9.98. The van der Waals surface area contributed by atoms with E-state index in [1.807, 2.05) is 0 Å². The molecule has 39 heavy (non-hydrogen) atoms. The number of hydrogen-bond acceptors (Lipinski definition) is 5. The molecule has 0 radical (unpaired) electrons. The third kappa shape index (κ3) is 6.39. The molecule has 0 saturated carbocycles. The van der Waals surface area contributed by atoms with E-state index in [0.717, 1.165) is 12.1 Å². The van der Waals surface area contributed by atoms with Gasteiger partial charge < -0.3 is 20.7 Å². The summed E-state index contributed by atoms with van der Waals surface area (Å²) in [6.45, 7) is 1.74. The van der Waals surface area contributed by atoms with Gasteiger partial charge >= 0.3 is 12.0 Å². The fourth-order valence-corrected chi connectivity index (χ4v) is 4.04. The zero-order valence-electron chi connectivity index (χ0n) is 20.8. The van der Waals surface area contributed by atoms with E-state index in [-0.39, 0.29) is 27.5 Å². The zero-order valence-corrected chi connectivity index (χ0v) is 21.5. The van der Waals surface area contributed by atoms with Crippen LogP contribution in [0.15, 0.2) is 78.9 Å². The van der Waals surface area contributed by atoms with Gasteiger partial charge in [-0.25, -0.2) is 18.4 Å². The molecule has 0 atom stereocenters. The molecule has 10 heteroatoms. The minimum absolute atomic E-state index is 0.0497. The van der Waals surface area contributed by atoms with E-state index in [1.165, 1.54) is 37.4 Å². The van der Waals surface area contributed by atoms with Gasteiger partial charge in [0.05, 0.1) is 29.1 Å². The molecule has 0 fully saturated rings. The van der Waals surface area contributed by atoms with E-state index in [9.17, 15) is 23.2 Å². The Morgan fingerprint density at radius 3 is 2.23 bits per heavy atom. The van der Waals surface area contributed by atoms with E-state index >= 15 is 0 Å². The number of ether oxygens (including phenoxy) is 1. The highest BCUT2D eigenvalue weighted by Crippen LogP contribution is 2.28. The maximum Gasteiger partial charge on any atom is 0.339 e. The van der Waals surface area contributed by atoms with Gasteiger partial charge in [-0.15, -0.1) is 0 Å². The van der Waals surface area contributed by atoms with Gasteiger partial charge in [0, 0.05) is 28.6 Å². The number of ketones is 1. The molecule has 0 spiro atoms. The third-order valence-corrected chi connectivity index (χ3v) is 6.06. The molecule has 7 nitrogen and oxygen atoms in total. The molecule has 198 valence electrons. The highest BCUT2D eigenvalue weighted by Gasteiger charge is 2.18. The average molecular weight is 550 g/mol. The van der Waals surface area contributed by atoms with Crippen LogP contribution in [0, 0.1) is 18.6 Å². The summed E-state index contributed by atoms with van der Waals surface area (Å²) >= 11 is 6.39. The number of rotatable bonds is 7. The zero-order chi connectivity index (χ0) is 28.1. The molecule has 0 aromatic heterocycles. The van der Waals surface area contributed by atoms with Crippen LogP contribution in [0.5, 0.6) is 0 Å². The van der Waals surface area contributed by atoms with Crippen molar-refractivity contribution in [2.75, 3.05) is 23.1 Å². The van der Waals surface area contributed by atoms with Crippen molar-refractivity contribution in [1.29, 1.82) is 0 Å². The molecular formula is C29H22ClF2N3O4. The molecule has 0 bridgehead atoms. The summed E-state index contributed by atoms with van der Waals surface area (Å²) in [7, 11) is 1.24. The van der Waals surface area contributed by atoms with Crippen molar-refractivity contribution in [2.24, 2.45) is 0 Å². The molecule has 0 aliphatic heterocycles. The summed E-state index contributed by atoms with van der Waals surface area (Å²) in [6, 6.07) is 18.2. The standard InChI is InChI=1S/C29H22ClF2N3O4/c1-16-7-9-18(34-29(38)35-25-6-4-3-5-21(25)28(37)39-2)14-22(16)27(36)20-11-10-19(15-23(20)30)33-26-12-8-17(31)13-24(26)32/h3-15,33H,1-2H3,(H2,34,35,38). The molecule has 4 aromatic carbocycles. The second kappa shape index (κ2) is 11.7. The lowest BCUT2D eigenvalue weighted by Gasteiger charge is -2.13. The maximum atomic E-state index is 14.0. The second-order valence-electron chi connectivity index (χ2n) is 8.42. The lowest BCUT2D eigenvalue weighted by Crippen LogP contribution is -2.21. The number of benzene rings is 4. The Balaban J connectivity index is 1.51. The number of amides is 2. The monoisotopic (exact) mass is 549 g/mol. The molecule has 2 amide bonds. The van der Waals surface area contributed by atoms with E-state index < -0.39 is 29.4 Å². The van der Waals surface area contributed by atoms with Crippen LogP contribution in [0.4, 0.5) is 36.3 Å². The van der Waals surface area contributed by atoms with Crippen molar-refractivity contribution in [3.63, 3.8) is 0 Å². The van der Waals surface area contributed by atoms with Gasteiger partial charge in [0.1, 0.15) is 11.6 Å². The summed E-state index contributed by atoms with van der Waals surface area (Å²) in [6.07, 6.45) is 0. The number of carbonyl (C=O) groups is 3. The highest BCUT2D eigenvalue weighted by atomic mass is 35.5. The summed E-state index contributed by atoms with van der Waals surface area (Å²) in [5, 5.41) is 8.16. The van der Waals surface area contributed by atoms with Gasteiger partial charge in [-0.3, -0.25) is 4.79 Å².